The number of para-hydroxylation sites is 3. The molecule has 1 aliphatic rings. The van der Waals surface area contributed by atoms with Crippen molar-refractivity contribution in [1.29, 1.82) is 0 Å². The molecule has 1 amide bonds. The summed E-state index contributed by atoms with van der Waals surface area (Å²) >= 11 is 0. The number of anilines is 3. The zero-order valence-electron chi connectivity index (χ0n) is 21.8. The van der Waals surface area contributed by atoms with E-state index in [-0.39, 0.29) is 5.91 Å². The second-order valence-corrected chi connectivity index (χ2v) is 9.08. The minimum atomic E-state index is -0.251. The number of aromatic nitrogens is 1. The molecular formula is C31H31N3O4. The first kappa shape index (κ1) is 25.1. The van der Waals surface area contributed by atoms with Crippen molar-refractivity contribution in [3.63, 3.8) is 0 Å². The number of rotatable bonds is 8. The lowest BCUT2D eigenvalue weighted by Crippen LogP contribution is -2.11. The van der Waals surface area contributed by atoms with Crippen molar-refractivity contribution in [2.75, 3.05) is 32.0 Å². The van der Waals surface area contributed by atoms with Crippen LogP contribution < -0.4 is 24.8 Å². The van der Waals surface area contributed by atoms with Gasteiger partial charge < -0.3 is 24.8 Å². The number of hydrogen-bond acceptors (Lipinski definition) is 6. The molecule has 7 nitrogen and oxygen atoms in total. The van der Waals surface area contributed by atoms with Gasteiger partial charge in [0.15, 0.2) is 11.5 Å². The summed E-state index contributed by atoms with van der Waals surface area (Å²) in [5.41, 5.74) is 6.58. The Morgan fingerprint density at radius 3 is 2.50 bits per heavy atom. The maximum absolute atomic E-state index is 12.9. The zero-order valence-corrected chi connectivity index (χ0v) is 21.8. The van der Waals surface area contributed by atoms with Crippen LogP contribution >= 0.6 is 0 Å². The molecule has 4 aromatic rings. The number of nitrogens with zero attached hydrogens (tertiary/aromatic N) is 1. The van der Waals surface area contributed by atoms with Crippen LogP contribution in [0.1, 0.15) is 29.7 Å². The fourth-order valence-electron chi connectivity index (χ4n) is 4.92. The summed E-state index contributed by atoms with van der Waals surface area (Å²) in [5, 5.41) is 7.57. The summed E-state index contributed by atoms with van der Waals surface area (Å²) in [6.45, 7) is 0. The Labute approximate surface area is 222 Å². The topological polar surface area (TPSA) is 81.7 Å². The van der Waals surface area contributed by atoms with Crippen LogP contribution in [0.15, 0.2) is 66.7 Å². The summed E-state index contributed by atoms with van der Waals surface area (Å²) in [4.78, 5) is 17.8. The van der Waals surface area contributed by atoms with Gasteiger partial charge in [-0.25, -0.2) is 0 Å². The molecule has 7 heteroatoms. The zero-order chi connectivity index (χ0) is 26.5. The molecule has 194 valence electrons. The van der Waals surface area contributed by atoms with Gasteiger partial charge in [-0.05, 0) is 73.7 Å². The molecule has 0 bridgehead atoms. The van der Waals surface area contributed by atoms with E-state index in [1.807, 2.05) is 60.7 Å². The lowest BCUT2D eigenvalue weighted by atomic mass is 9.92. The molecule has 0 spiro atoms. The molecule has 0 aliphatic heterocycles. The average molecular weight is 510 g/mol. The van der Waals surface area contributed by atoms with Gasteiger partial charge >= 0.3 is 0 Å². The Morgan fingerprint density at radius 1 is 0.895 bits per heavy atom. The molecule has 0 radical (unpaired) electrons. The van der Waals surface area contributed by atoms with Crippen molar-refractivity contribution in [3.8, 4) is 17.2 Å². The van der Waals surface area contributed by atoms with E-state index < -0.39 is 0 Å². The lowest BCUT2D eigenvalue weighted by molar-refractivity contribution is -0.111. The van der Waals surface area contributed by atoms with E-state index in [1.54, 1.807) is 27.4 Å². The van der Waals surface area contributed by atoms with E-state index in [4.69, 9.17) is 19.2 Å². The lowest BCUT2D eigenvalue weighted by Gasteiger charge is -2.22. The van der Waals surface area contributed by atoms with Crippen LogP contribution in [-0.2, 0) is 17.6 Å². The van der Waals surface area contributed by atoms with Gasteiger partial charge in [0.2, 0.25) is 5.91 Å². The largest absolute Gasteiger partial charge is 0.495 e. The number of carbonyl (C=O) groups excluding carboxylic acids is 1. The summed E-state index contributed by atoms with van der Waals surface area (Å²) in [7, 11) is 4.83. The van der Waals surface area contributed by atoms with Gasteiger partial charge in [0.25, 0.3) is 0 Å². The number of hydrogen-bond donors (Lipinski definition) is 2. The van der Waals surface area contributed by atoms with E-state index in [9.17, 15) is 4.79 Å². The van der Waals surface area contributed by atoms with E-state index in [0.29, 0.717) is 17.2 Å². The van der Waals surface area contributed by atoms with Crippen molar-refractivity contribution in [1.82, 2.24) is 4.98 Å². The summed E-state index contributed by atoms with van der Waals surface area (Å²) < 4.78 is 16.4. The van der Waals surface area contributed by atoms with Gasteiger partial charge in [-0.1, -0.05) is 24.3 Å². The highest BCUT2D eigenvalue weighted by Gasteiger charge is 2.20. The number of ether oxygens (including phenoxy) is 3. The van der Waals surface area contributed by atoms with Crippen molar-refractivity contribution < 1.29 is 19.0 Å². The molecule has 1 aliphatic carbocycles. The van der Waals surface area contributed by atoms with Gasteiger partial charge in [-0.3, -0.25) is 9.78 Å². The van der Waals surface area contributed by atoms with Gasteiger partial charge in [-0.2, -0.15) is 0 Å². The van der Waals surface area contributed by atoms with Crippen LogP contribution in [0.5, 0.6) is 17.2 Å². The van der Waals surface area contributed by atoms with Gasteiger partial charge in [-0.15, -0.1) is 0 Å². The summed E-state index contributed by atoms with van der Waals surface area (Å²) in [6, 6.07) is 19.2. The number of methoxy groups -OCH3 is 3. The number of pyridine rings is 1. The van der Waals surface area contributed by atoms with Crippen molar-refractivity contribution >= 4 is 39.9 Å². The number of fused-ring (bicyclic) bond motifs is 2. The van der Waals surface area contributed by atoms with E-state index >= 15 is 0 Å². The molecule has 2 N–H and O–H groups in total. The highest BCUT2D eigenvalue weighted by Crippen LogP contribution is 2.38. The number of carbonyl (C=O) groups is 1. The first-order valence-electron chi connectivity index (χ1n) is 12.7. The fourth-order valence-corrected chi connectivity index (χ4v) is 4.92. The first-order valence-corrected chi connectivity index (χ1v) is 12.7. The Bertz CT molecular complexity index is 1510. The van der Waals surface area contributed by atoms with Crippen LogP contribution in [0, 0.1) is 0 Å². The van der Waals surface area contributed by atoms with Crippen LogP contribution in [0.4, 0.5) is 17.1 Å². The van der Waals surface area contributed by atoms with E-state index in [0.717, 1.165) is 65.0 Å². The van der Waals surface area contributed by atoms with Gasteiger partial charge in [0, 0.05) is 28.4 Å². The minimum absolute atomic E-state index is 0.251. The number of benzene rings is 3. The third-order valence-electron chi connectivity index (χ3n) is 6.74. The number of amides is 1. The summed E-state index contributed by atoms with van der Waals surface area (Å²) in [5.74, 6) is 1.70. The fraction of sp³-hybridized carbons (Fsp3) is 0.226. The molecule has 1 aromatic heterocycles. The molecule has 0 unspecified atom stereocenters. The standard InChI is InChI=1S/C31H31N3O4/c1-36-27-13-7-6-12-26(27)34-30-22-10-4-5-11-24(22)33-25-17-16-21(19-23(25)30)32-29(35)18-15-20-9-8-14-28(37-2)31(20)38-3/h6-9,12-19H,4-5,10-11H2,1-3H3,(H,32,35)(H,33,34)/b18-15+. The van der Waals surface area contributed by atoms with Gasteiger partial charge in [0.05, 0.1) is 38.2 Å². The average Bonchev–Trinajstić information content (AvgIpc) is 2.96. The highest BCUT2D eigenvalue weighted by molar-refractivity contribution is 6.05. The van der Waals surface area contributed by atoms with Crippen LogP contribution in [0.3, 0.4) is 0 Å². The predicted molar refractivity (Wildman–Crippen MR) is 152 cm³/mol. The minimum Gasteiger partial charge on any atom is -0.495 e. The molecule has 0 fully saturated rings. The number of aryl methyl sites for hydroxylation is 1. The van der Waals surface area contributed by atoms with Crippen molar-refractivity contribution in [3.05, 3.63) is 83.6 Å². The molecule has 5 rings (SSSR count). The number of nitrogens with one attached hydrogen (secondary N) is 2. The molecule has 1 heterocycles. The Balaban J connectivity index is 1.47. The highest BCUT2D eigenvalue weighted by atomic mass is 16.5. The monoisotopic (exact) mass is 509 g/mol. The molecule has 38 heavy (non-hydrogen) atoms. The second-order valence-electron chi connectivity index (χ2n) is 9.08. The quantitative estimate of drug-likeness (QED) is 0.263. The first-order chi connectivity index (χ1) is 18.6. The molecular weight excluding hydrogens is 478 g/mol. The predicted octanol–water partition coefficient (Wildman–Crippen LogP) is 6.53. The molecule has 3 aromatic carbocycles. The Hall–Kier alpha value is -4.52. The summed E-state index contributed by atoms with van der Waals surface area (Å²) in [6.07, 6.45) is 7.37. The smallest absolute Gasteiger partial charge is 0.248 e. The van der Waals surface area contributed by atoms with Crippen molar-refractivity contribution in [2.24, 2.45) is 0 Å². The third kappa shape index (κ3) is 5.13. The third-order valence-corrected chi connectivity index (χ3v) is 6.74. The van der Waals surface area contributed by atoms with Crippen LogP contribution in [0.2, 0.25) is 0 Å². The normalized spacial score (nSPS) is 12.7. The van der Waals surface area contributed by atoms with Crippen LogP contribution in [-0.4, -0.2) is 32.2 Å². The molecule has 0 atom stereocenters. The van der Waals surface area contributed by atoms with Crippen molar-refractivity contribution in [2.45, 2.75) is 25.7 Å². The van der Waals surface area contributed by atoms with Crippen LogP contribution in [0.25, 0.3) is 17.0 Å². The SMILES string of the molecule is COc1ccccc1Nc1c2c(nc3ccc(NC(=O)/C=C/c4cccc(OC)c4OC)cc13)CCCC2. The Kier molecular flexibility index (Phi) is 7.45. The Morgan fingerprint density at radius 2 is 1.68 bits per heavy atom. The van der Waals surface area contributed by atoms with E-state index in [1.165, 1.54) is 11.6 Å². The second kappa shape index (κ2) is 11.3. The molecule has 0 saturated carbocycles. The maximum Gasteiger partial charge on any atom is 0.248 e. The molecule has 0 saturated heterocycles. The van der Waals surface area contributed by atoms with E-state index in [2.05, 4.69) is 10.6 Å². The van der Waals surface area contributed by atoms with Gasteiger partial charge in [0.1, 0.15) is 5.75 Å². The maximum atomic E-state index is 12.9.